The van der Waals surface area contributed by atoms with E-state index in [1.54, 1.807) is 11.9 Å². The number of carbonyl (C=O) groups is 1. The van der Waals surface area contributed by atoms with Crippen LogP contribution in [0.3, 0.4) is 0 Å². The molecule has 5 nitrogen and oxygen atoms in total. The summed E-state index contributed by atoms with van der Waals surface area (Å²) in [6.45, 7) is 0.345. The van der Waals surface area contributed by atoms with Crippen molar-refractivity contribution in [3.63, 3.8) is 0 Å². The Morgan fingerprint density at radius 2 is 2.20 bits per heavy atom. The van der Waals surface area contributed by atoms with Crippen LogP contribution in [0.1, 0.15) is 6.42 Å². The molecule has 1 aliphatic heterocycles. The number of nitrogens with zero attached hydrogens (tertiary/aromatic N) is 1. The van der Waals surface area contributed by atoms with Gasteiger partial charge in [-0.1, -0.05) is 0 Å². The van der Waals surface area contributed by atoms with Gasteiger partial charge in [-0.25, -0.2) is 8.42 Å². The third-order valence-corrected chi connectivity index (χ3v) is 4.31. The third kappa shape index (κ3) is 3.89. The van der Waals surface area contributed by atoms with E-state index in [1.165, 1.54) is 7.11 Å². The number of hydrogen-bond acceptors (Lipinski definition) is 5. The molecule has 0 bridgehead atoms. The monoisotopic (exact) mass is 235 g/mol. The summed E-state index contributed by atoms with van der Waals surface area (Å²) in [7, 11) is 0.374. The summed E-state index contributed by atoms with van der Waals surface area (Å²) in [6.07, 6.45) is 0.624. The van der Waals surface area contributed by atoms with Crippen LogP contribution in [0.4, 0.5) is 0 Å². The fourth-order valence-electron chi connectivity index (χ4n) is 1.74. The molecule has 1 fully saturated rings. The lowest BCUT2D eigenvalue weighted by molar-refractivity contribution is -0.123. The number of hydrogen-bond donors (Lipinski definition) is 0. The van der Waals surface area contributed by atoms with Crippen LogP contribution in [-0.2, 0) is 19.4 Å². The minimum absolute atomic E-state index is 0.0178. The van der Waals surface area contributed by atoms with Crippen LogP contribution >= 0.6 is 0 Å². The standard InChI is InChI=1S/C9H17NO4S/c1-10(5-9(11)6-14-2)8-3-4-15(12,13)7-8/h8H,3-7H2,1-2H3. The molecular formula is C9H17NO4S. The maximum absolute atomic E-state index is 11.3. The van der Waals surface area contributed by atoms with Crippen molar-refractivity contribution >= 4 is 15.6 Å². The number of sulfone groups is 1. The fraction of sp³-hybridized carbons (Fsp3) is 0.889. The van der Waals surface area contributed by atoms with E-state index in [0.717, 1.165) is 0 Å². The molecule has 6 heteroatoms. The fourth-order valence-corrected chi connectivity index (χ4v) is 3.54. The number of ether oxygens (including phenoxy) is 1. The van der Waals surface area contributed by atoms with Gasteiger partial charge in [0.2, 0.25) is 0 Å². The van der Waals surface area contributed by atoms with Gasteiger partial charge in [0.25, 0.3) is 0 Å². The second kappa shape index (κ2) is 5.05. The van der Waals surface area contributed by atoms with E-state index in [0.29, 0.717) is 6.42 Å². The second-order valence-electron chi connectivity index (χ2n) is 3.94. The molecule has 0 radical (unpaired) electrons. The minimum atomic E-state index is -2.87. The highest BCUT2D eigenvalue weighted by Crippen LogP contribution is 2.16. The van der Waals surface area contributed by atoms with Gasteiger partial charge in [-0.2, -0.15) is 0 Å². The maximum atomic E-state index is 11.3. The average molecular weight is 235 g/mol. The lowest BCUT2D eigenvalue weighted by Crippen LogP contribution is -2.37. The first-order valence-electron chi connectivity index (χ1n) is 4.86. The van der Waals surface area contributed by atoms with Gasteiger partial charge >= 0.3 is 0 Å². The number of methoxy groups -OCH3 is 1. The van der Waals surface area contributed by atoms with Crippen molar-refractivity contribution in [2.24, 2.45) is 0 Å². The SMILES string of the molecule is COCC(=O)CN(C)C1CCS(=O)(=O)C1. The van der Waals surface area contributed by atoms with Gasteiger partial charge in [0.15, 0.2) is 15.6 Å². The molecule has 1 aliphatic rings. The molecule has 0 saturated carbocycles. The smallest absolute Gasteiger partial charge is 0.172 e. The first-order chi connectivity index (χ1) is 6.94. The Balaban J connectivity index is 2.42. The quantitative estimate of drug-likeness (QED) is 0.632. The number of Topliss-reactive ketones (excluding diaryl/α,β-unsaturated/α-hetero) is 1. The van der Waals surface area contributed by atoms with Crippen LogP contribution in [0, 0.1) is 0 Å². The van der Waals surface area contributed by atoms with Crippen molar-refractivity contribution in [1.82, 2.24) is 4.90 Å². The Morgan fingerprint density at radius 1 is 1.53 bits per heavy atom. The molecule has 15 heavy (non-hydrogen) atoms. The molecular weight excluding hydrogens is 218 g/mol. The predicted octanol–water partition coefficient (Wildman–Crippen LogP) is -0.679. The van der Waals surface area contributed by atoms with Gasteiger partial charge in [-0.15, -0.1) is 0 Å². The van der Waals surface area contributed by atoms with Gasteiger partial charge < -0.3 is 4.74 Å². The van der Waals surface area contributed by atoms with Gasteiger partial charge in [-0.3, -0.25) is 9.69 Å². The van der Waals surface area contributed by atoms with Crippen LogP contribution in [0.5, 0.6) is 0 Å². The zero-order chi connectivity index (χ0) is 11.5. The van der Waals surface area contributed by atoms with E-state index >= 15 is 0 Å². The highest BCUT2D eigenvalue weighted by atomic mass is 32.2. The van der Waals surface area contributed by atoms with Crippen molar-refractivity contribution in [3.05, 3.63) is 0 Å². The zero-order valence-electron chi connectivity index (χ0n) is 9.10. The van der Waals surface area contributed by atoms with Crippen molar-refractivity contribution in [2.45, 2.75) is 12.5 Å². The van der Waals surface area contributed by atoms with E-state index in [2.05, 4.69) is 0 Å². The van der Waals surface area contributed by atoms with E-state index < -0.39 is 9.84 Å². The molecule has 0 aromatic rings. The number of rotatable bonds is 5. The van der Waals surface area contributed by atoms with E-state index in [-0.39, 0.29) is 36.5 Å². The molecule has 0 aromatic carbocycles. The van der Waals surface area contributed by atoms with Crippen LogP contribution in [0.25, 0.3) is 0 Å². The highest BCUT2D eigenvalue weighted by molar-refractivity contribution is 7.91. The normalized spacial score (nSPS) is 24.6. The third-order valence-electron chi connectivity index (χ3n) is 2.56. The molecule has 1 heterocycles. The number of likely N-dealkylation sites (N-methyl/N-ethyl adjacent to an activating group) is 1. The Morgan fingerprint density at radius 3 is 2.67 bits per heavy atom. The molecule has 1 unspecified atom stereocenters. The lowest BCUT2D eigenvalue weighted by Gasteiger charge is -2.21. The van der Waals surface area contributed by atoms with Crippen LogP contribution in [-0.4, -0.2) is 64.0 Å². The molecule has 1 saturated heterocycles. The summed E-state index contributed by atoms with van der Waals surface area (Å²) in [5.74, 6) is 0.383. The lowest BCUT2D eigenvalue weighted by atomic mass is 10.2. The number of ketones is 1. The van der Waals surface area contributed by atoms with Gasteiger partial charge in [0.1, 0.15) is 6.61 Å². The molecule has 88 valence electrons. The Labute approximate surface area is 90.3 Å². The Bertz CT molecular complexity index is 325. The molecule has 1 rings (SSSR count). The number of carbonyl (C=O) groups excluding carboxylic acids is 1. The van der Waals surface area contributed by atoms with Gasteiger partial charge in [-0.05, 0) is 13.5 Å². The summed E-state index contributed by atoms with van der Waals surface area (Å²) in [5.41, 5.74) is 0. The van der Waals surface area contributed by atoms with Crippen molar-refractivity contribution in [3.8, 4) is 0 Å². The Hall–Kier alpha value is -0.460. The molecule has 1 atom stereocenters. The highest BCUT2D eigenvalue weighted by Gasteiger charge is 2.31. The first kappa shape index (κ1) is 12.6. The summed E-state index contributed by atoms with van der Waals surface area (Å²) in [4.78, 5) is 13.1. The van der Waals surface area contributed by atoms with Crippen molar-refractivity contribution < 1.29 is 17.9 Å². The van der Waals surface area contributed by atoms with Crippen LogP contribution in [0.15, 0.2) is 0 Å². The predicted molar refractivity (Wildman–Crippen MR) is 56.6 cm³/mol. The molecule has 0 spiro atoms. The summed E-state index contributed by atoms with van der Waals surface area (Å²) in [5, 5.41) is 0. The zero-order valence-corrected chi connectivity index (χ0v) is 9.92. The Kier molecular flexibility index (Phi) is 4.24. The molecule has 0 aromatic heterocycles. The van der Waals surface area contributed by atoms with E-state index in [9.17, 15) is 13.2 Å². The van der Waals surface area contributed by atoms with Crippen molar-refractivity contribution in [2.75, 3.05) is 38.8 Å². The summed E-state index contributed by atoms with van der Waals surface area (Å²) < 4.78 is 27.2. The van der Waals surface area contributed by atoms with Crippen LogP contribution < -0.4 is 0 Å². The summed E-state index contributed by atoms with van der Waals surface area (Å²) in [6, 6.07) is -0.0178. The minimum Gasteiger partial charge on any atom is -0.377 e. The van der Waals surface area contributed by atoms with E-state index in [1.807, 2.05) is 0 Å². The second-order valence-corrected chi connectivity index (χ2v) is 6.17. The topological polar surface area (TPSA) is 63.7 Å². The average Bonchev–Trinajstić information content (AvgIpc) is 2.46. The van der Waals surface area contributed by atoms with Crippen molar-refractivity contribution in [1.29, 1.82) is 0 Å². The summed E-state index contributed by atoms with van der Waals surface area (Å²) >= 11 is 0. The first-order valence-corrected chi connectivity index (χ1v) is 6.68. The molecule has 0 N–H and O–H groups in total. The van der Waals surface area contributed by atoms with E-state index in [4.69, 9.17) is 4.74 Å². The van der Waals surface area contributed by atoms with Gasteiger partial charge in [0.05, 0.1) is 18.1 Å². The van der Waals surface area contributed by atoms with Gasteiger partial charge in [0, 0.05) is 13.2 Å². The largest absolute Gasteiger partial charge is 0.377 e. The van der Waals surface area contributed by atoms with Crippen LogP contribution in [0.2, 0.25) is 0 Å². The molecule has 0 aliphatic carbocycles. The molecule has 0 amide bonds. The maximum Gasteiger partial charge on any atom is 0.172 e.